The van der Waals surface area contributed by atoms with Crippen LogP contribution in [0, 0.1) is 11.6 Å². The Bertz CT molecular complexity index is 1020. The van der Waals surface area contributed by atoms with E-state index in [1.165, 1.54) is 12.3 Å². The first-order chi connectivity index (χ1) is 13.6. The highest BCUT2D eigenvalue weighted by molar-refractivity contribution is 5.63. The van der Waals surface area contributed by atoms with Crippen molar-refractivity contribution < 1.29 is 13.3 Å². The van der Waals surface area contributed by atoms with Gasteiger partial charge in [-0.2, -0.15) is 4.39 Å². The molecule has 1 atom stereocenters. The molecule has 28 heavy (non-hydrogen) atoms. The Kier molecular flexibility index (Phi) is 5.95. The minimum absolute atomic E-state index is 0.202. The smallest absolute Gasteiger partial charge is 0.286 e. The van der Waals surface area contributed by atoms with Gasteiger partial charge in [0.2, 0.25) is 5.82 Å². The normalized spacial score (nSPS) is 15.8. The van der Waals surface area contributed by atoms with E-state index >= 15 is 0 Å². The van der Waals surface area contributed by atoms with Crippen molar-refractivity contribution in [2.45, 2.75) is 26.4 Å². The van der Waals surface area contributed by atoms with Crippen molar-refractivity contribution in [3.63, 3.8) is 0 Å². The zero-order valence-corrected chi connectivity index (χ0v) is 15.3. The van der Waals surface area contributed by atoms with Crippen LogP contribution in [0.5, 0.6) is 0 Å². The number of benzene rings is 1. The first kappa shape index (κ1) is 19.4. The first-order valence-electron chi connectivity index (χ1n) is 8.76. The van der Waals surface area contributed by atoms with Gasteiger partial charge < -0.3 is 14.5 Å². The van der Waals surface area contributed by atoms with Gasteiger partial charge in [-0.05, 0) is 12.1 Å². The fourth-order valence-corrected chi connectivity index (χ4v) is 2.71. The molecule has 0 aliphatic carbocycles. The topological polar surface area (TPSA) is 87.0 Å². The lowest BCUT2D eigenvalue weighted by molar-refractivity contribution is 0.272. The molecule has 4 rings (SSSR count). The quantitative estimate of drug-likeness (QED) is 0.715. The van der Waals surface area contributed by atoms with E-state index in [2.05, 4.69) is 20.6 Å². The number of halogens is 2. The third-order valence-corrected chi connectivity index (χ3v) is 3.97. The van der Waals surface area contributed by atoms with Crippen LogP contribution in [-0.4, -0.2) is 20.1 Å². The Morgan fingerprint density at radius 3 is 2.64 bits per heavy atom. The van der Waals surface area contributed by atoms with Gasteiger partial charge in [0.1, 0.15) is 29.6 Å². The molecule has 0 spiro atoms. The highest BCUT2D eigenvalue weighted by atomic mass is 19.1. The van der Waals surface area contributed by atoms with Crippen LogP contribution in [0.2, 0.25) is 0 Å². The van der Waals surface area contributed by atoms with Crippen LogP contribution in [0.3, 0.4) is 0 Å². The maximum atomic E-state index is 14.0. The molecule has 9 heteroatoms. The summed E-state index contributed by atoms with van der Waals surface area (Å²) in [6.45, 7) is 4.20. The van der Waals surface area contributed by atoms with E-state index in [0.717, 1.165) is 6.20 Å². The number of hydrogen-bond donors (Lipinski definition) is 2. The lowest BCUT2D eigenvalue weighted by atomic mass is 10.2. The van der Waals surface area contributed by atoms with Crippen molar-refractivity contribution in [2.75, 3.05) is 0 Å². The highest BCUT2D eigenvalue weighted by Gasteiger charge is 2.28. The number of nitrogens with one attached hydrogen (secondary N) is 2. The van der Waals surface area contributed by atoms with E-state index in [9.17, 15) is 13.6 Å². The Morgan fingerprint density at radius 1 is 1.18 bits per heavy atom. The summed E-state index contributed by atoms with van der Waals surface area (Å²) in [7, 11) is 0. The molecule has 2 aromatic heterocycles. The second-order valence-electron chi connectivity index (χ2n) is 5.67. The van der Waals surface area contributed by atoms with Gasteiger partial charge in [-0.1, -0.05) is 37.2 Å². The molecule has 3 heterocycles. The average Bonchev–Trinajstić information content (AvgIpc) is 3.37. The van der Waals surface area contributed by atoms with Crippen molar-refractivity contribution >= 4 is 5.70 Å². The summed E-state index contributed by atoms with van der Waals surface area (Å²) in [6.07, 6.45) is 4.02. The molecule has 1 aromatic carbocycles. The molecular weight excluding hydrogens is 368 g/mol. The Hall–Kier alpha value is -3.33. The van der Waals surface area contributed by atoms with Crippen LogP contribution in [0.1, 0.15) is 37.0 Å². The molecule has 7 nitrogen and oxygen atoms in total. The van der Waals surface area contributed by atoms with E-state index in [4.69, 9.17) is 4.52 Å². The molecule has 0 radical (unpaired) electrons. The molecule has 0 bridgehead atoms. The van der Waals surface area contributed by atoms with Gasteiger partial charge in [-0.25, -0.2) is 14.8 Å². The van der Waals surface area contributed by atoms with Crippen LogP contribution in [-0.2, 0) is 6.54 Å². The zero-order valence-electron chi connectivity index (χ0n) is 15.3. The number of aromatic amines is 1. The van der Waals surface area contributed by atoms with E-state index in [1.54, 1.807) is 35.4 Å². The van der Waals surface area contributed by atoms with Gasteiger partial charge in [0, 0.05) is 11.6 Å². The molecule has 1 aliphatic rings. The summed E-state index contributed by atoms with van der Waals surface area (Å²) in [4.78, 5) is 17.8. The highest BCUT2D eigenvalue weighted by Crippen LogP contribution is 2.29. The minimum atomic E-state index is -0.962. The lowest BCUT2D eigenvalue weighted by Crippen LogP contribution is -2.34. The van der Waals surface area contributed by atoms with Crippen molar-refractivity contribution in [1.82, 2.24) is 25.6 Å². The Balaban J connectivity index is 0.00000109. The predicted molar refractivity (Wildman–Crippen MR) is 98.5 cm³/mol. The van der Waals surface area contributed by atoms with Crippen LogP contribution >= 0.6 is 0 Å². The van der Waals surface area contributed by atoms with E-state index in [-0.39, 0.29) is 18.2 Å². The second-order valence-corrected chi connectivity index (χ2v) is 5.67. The van der Waals surface area contributed by atoms with Crippen molar-refractivity contribution in [3.8, 4) is 0 Å². The molecule has 0 amide bonds. The largest absolute Gasteiger partial charge is 0.364 e. The summed E-state index contributed by atoms with van der Waals surface area (Å²) in [5, 5.41) is 5.57. The van der Waals surface area contributed by atoms with Gasteiger partial charge in [0.05, 0.1) is 18.4 Å². The average molecular weight is 387 g/mol. The zero-order chi connectivity index (χ0) is 20.1. The van der Waals surface area contributed by atoms with Gasteiger partial charge in [0.15, 0.2) is 0 Å². The predicted octanol–water partition coefficient (Wildman–Crippen LogP) is 3.16. The van der Waals surface area contributed by atoms with Crippen LogP contribution < -0.4 is 11.0 Å². The van der Waals surface area contributed by atoms with Crippen LogP contribution in [0.4, 0.5) is 8.78 Å². The summed E-state index contributed by atoms with van der Waals surface area (Å²) in [5.74, 6) is -1.07. The molecule has 0 saturated heterocycles. The molecule has 2 N–H and O–H groups in total. The lowest BCUT2D eigenvalue weighted by Gasteiger charge is -2.23. The number of H-pyrrole nitrogens is 1. The molecule has 1 aliphatic heterocycles. The summed E-state index contributed by atoms with van der Waals surface area (Å²) in [6, 6.07) is 7.52. The van der Waals surface area contributed by atoms with E-state index in [1.807, 2.05) is 13.8 Å². The standard InChI is InChI=1S/C17H13F2N5O2.C2H6/c18-11-4-2-1-3-10(11)9-24-15(13-5-6-26-23-13)7-14(22-24)16-20-8-12(19)17(25)21-16;1-2/h1-8,14,22H,9H2,(H,20,21,25);1-2H3. The molecule has 3 aromatic rings. The minimum Gasteiger partial charge on any atom is -0.364 e. The van der Waals surface area contributed by atoms with Crippen molar-refractivity contribution in [3.05, 3.63) is 87.9 Å². The second kappa shape index (κ2) is 8.57. The number of nitrogens with zero attached hydrogens (tertiary/aromatic N) is 3. The van der Waals surface area contributed by atoms with E-state index in [0.29, 0.717) is 17.0 Å². The summed E-state index contributed by atoms with van der Waals surface area (Å²) >= 11 is 0. The molecule has 1 unspecified atom stereocenters. The number of hydrazine groups is 1. The third-order valence-electron chi connectivity index (χ3n) is 3.97. The van der Waals surface area contributed by atoms with Crippen molar-refractivity contribution in [1.29, 1.82) is 0 Å². The van der Waals surface area contributed by atoms with Gasteiger partial charge in [-0.15, -0.1) is 0 Å². The Labute approximate surface area is 159 Å². The number of aromatic nitrogens is 3. The van der Waals surface area contributed by atoms with Gasteiger partial charge >= 0.3 is 0 Å². The fraction of sp³-hybridized carbons (Fsp3) is 0.211. The fourth-order valence-electron chi connectivity index (χ4n) is 2.71. The van der Waals surface area contributed by atoms with Crippen LogP contribution in [0.15, 0.2) is 58.2 Å². The molecule has 0 saturated carbocycles. The molecule has 146 valence electrons. The monoisotopic (exact) mass is 387 g/mol. The van der Waals surface area contributed by atoms with Crippen molar-refractivity contribution in [2.24, 2.45) is 0 Å². The maximum Gasteiger partial charge on any atom is 0.286 e. The SMILES string of the molecule is CC.O=c1[nH]c(C2C=C(c3ccon3)N(Cc3ccccc3F)N2)ncc1F. The third kappa shape index (κ3) is 3.99. The number of hydrogen-bond acceptors (Lipinski definition) is 6. The van der Waals surface area contributed by atoms with Crippen LogP contribution in [0.25, 0.3) is 5.70 Å². The first-order valence-corrected chi connectivity index (χ1v) is 8.76. The van der Waals surface area contributed by atoms with E-state index < -0.39 is 17.4 Å². The number of rotatable bonds is 4. The molecule has 0 fully saturated rings. The molecular formula is C19H19F2N5O2. The summed E-state index contributed by atoms with van der Waals surface area (Å²) in [5.41, 5.74) is 3.87. The van der Waals surface area contributed by atoms with Gasteiger partial charge in [-0.3, -0.25) is 4.79 Å². The maximum absolute atomic E-state index is 14.0. The Morgan fingerprint density at radius 2 is 1.96 bits per heavy atom. The summed E-state index contributed by atoms with van der Waals surface area (Å²) < 4.78 is 32.1. The van der Waals surface area contributed by atoms with Gasteiger partial charge in [0.25, 0.3) is 5.56 Å².